The number of aliphatic carboxylic acids is 1. The van der Waals surface area contributed by atoms with Gasteiger partial charge >= 0.3 is 5.97 Å². The molecule has 3 N–H and O–H groups in total. The summed E-state index contributed by atoms with van der Waals surface area (Å²) in [7, 11) is 0. The highest BCUT2D eigenvalue weighted by Crippen LogP contribution is 2.33. The molecule has 6 nitrogen and oxygen atoms in total. The topological polar surface area (TPSA) is 95.5 Å². The first-order chi connectivity index (χ1) is 12.9. The Morgan fingerprint density at radius 1 is 1.22 bits per heavy atom. The molecule has 0 aromatic heterocycles. The van der Waals surface area contributed by atoms with Crippen LogP contribution in [0.4, 0.5) is 10.1 Å². The SMILES string of the molecule is O=C(O)CC[C@H](NC(=O)[C@@H]1CC(=O)Nc2cc(F)ccc21)c1ccccc1. The van der Waals surface area contributed by atoms with E-state index in [9.17, 15) is 18.8 Å². The zero-order chi connectivity index (χ0) is 19.4. The summed E-state index contributed by atoms with van der Waals surface area (Å²) in [5, 5.41) is 14.4. The van der Waals surface area contributed by atoms with E-state index in [1.807, 2.05) is 18.2 Å². The first-order valence-corrected chi connectivity index (χ1v) is 8.60. The zero-order valence-corrected chi connectivity index (χ0v) is 14.4. The van der Waals surface area contributed by atoms with E-state index in [0.717, 1.165) is 5.56 Å². The summed E-state index contributed by atoms with van der Waals surface area (Å²) >= 11 is 0. The molecule has 0 spiro atoms. The smallest absolute Gasteiger partial charge is 0.303 e. The number of carbonyl (C=O) groups is 3. The van der Waals surface area contributed by atoms with Gasteiger partial charge in [-0.2, -0.15) is 0 Å². The van der Waals surface area contributed by atoms with Crippen molar-refractivity contribution >= 4 is 23.5 Å². The maximum absolute atomic E-state index is 13.4. The Balaban J connectivity index is 1.83. The van der Waals surface area contributed by atoms with Crippen molar-refractivity contribution in [1.82, 2.24) is 5.32 Å². The molecule has 0 fully saturated rings. The molecule has 0 unspecified atom stereocenters. The van der Waals surface area contributed by atoms with E-state index < -0.39 is 29.7 Å². The molecule has 0 bridgehead atoms. The number of carboxylic acid groups (broad SMARTS) is 1. The van der Waals surface area contributed by atoms with Crippen LogP contribution in [-0.4, -0.2) is 22.9 Å². The van der Waals surface area contributed by atoms with E-state index >= 15 is 0 Å². The molecule has 27 heavy (non-hydrogen) atoms. The highest BCUT2D eigenvalue weighted by molar-refractivity contribution is 6.01. The molecule has 2 aromatic rings. The molecule has 1 aliphatic rings. The number of halogens is 1. The van der Waals surface area contributed by atoms with Gasteiger partial charge in [0.05, 0.1) is 12.0 Å². The second-order valence-electron chi connectivity index (χ2n) is 6.44. The van der Waals surface area contributed by atoms with Gasteiger partial charge in [0.2, 0.25) is 11.8 Å². The number of nitrogens with one attached hydrogen (secondary N) is 2. The molecule has 2 amide bonds. The van der Waals surface area contributed by atoms with Gasteiger partial charge in [0, 0.05) is 18.5 Å². The summed E-state index contributed by atoms with van der Waals surface area (Å²) in [5.74, 6) is -2.97. The fourth-order valence-electron chi connectivity index (χ4n) is 3.22. The van der Waals surface area contributed by atoms with Gasteiger partial charge in [-0.05, 0) is 29.7 Å². The molecule has 3 rings (SSSR count). The molecule has 7 heteroatoms. The van der Waals surface area contributed by atoms with Gasteiger partial charge in [0.1, 0.15) is 5.82 Å². The fraction of sp³-hybridized carbons (Fsp3) is 0.250. The Labute approximate surface area is 155 Å². The molecule has 0 saturated carbocycles. The van der Waals surface area contributed by atoms with Crippen molar-refractivity contribution < 1.29 is 23.9 Å². The third-order valence-electron chi connectivity index (χ3n) is 4.54. The minimum atomic E-state index is -0.956. The summed E-state index contributed by atoms with van der Waals surface area (Å²) in [6.45, 7) is 0. The summed E-state index contributed by atoms with van der Waals surface area (Å²) in [6.07, 6.45) is 0.0674. The van der Waals surface area contributed by atoms with E-state index in [0.29, 0.717) is 5.56 Å². The molecule has 2 atom stereocenters. The minimum Gasteiger partial charge on any atom is -0.481 e. The zero-order valence-electron chi connectivity index (χ0n) is 14.4. The second kappa shape index (κ2) is 7.99. The van der Waals surface area contributed by atoms with Gasteiger partial charge in [-0.1, -0.05) is 36.4 Å². The number of fused-ring (bicyclic) bond motifs is 1. The molecular formula is C20H19FN2O4. The normalized spacial score (nSPS) is 16.8. The number of amides is 2. The summed E-state index contributed by atoms with van der Waals surface area (Å²) in [5.41, 5.74) is 1.61. The highest BCUT2D eigenvalue weighted by Gasteiger charge is 2.32. The number of rotatable bonds is 6. The lowest BCUT2D eigenvalue weighted by atomic mass is 9.89. The third kappa shape index (κ3) is 4.49. The number of carboxylic acids is 1. The maximum Gasteiger partial charge on any atom is 0.303 e. The predicted molar refractivity (Wildman–Crippen MR) is 96.6 cm³/mol. The van der Waals surface area contributed by atoms with E-state index in [-0.39, 0.29) is 30.9 Å². The van der Waals surface area contributed by atoms with Crippen LogP contribution in [0.1, 0.15) is 42.3 Å². The predicted octanol–water partition coefficient (Wildman–Crippen LogP) is 2.97. The van der Waals surface area contributed by atoms with E-state index in [2.05, 4.69) is 10.6 Å². The summed E-state index contributed by atoms with van der Waals surface area (Å²) in [6, 6.07) is 12.5. The molecule has 0 saturated heterocycles. The van der Waals surface area contributed by atoms with Crippen LogP contribution in [0.25, 0.3) is 0 Å². The Bertz CT molecular complexity index is 870. The van der Waals surface area contributed by atoms with Crippen LogP contribution >= 0.6 is 0 Å². The second-order valence-corrected chi connectivity index (χ2v) is 6.44. The van der Waals surface area contributed by atoms with Gasteiger partial charge < -0.3 is 15.7 Å². The van der Waals surface area contributed by atoms with Crippen molar-refractivity contribution in [2.45, 2.75) is 31.2 Å². The first kappa shape index (κ1) is 18.6. The monoisotopic (exact) mass is 370 g/mol. The third-order valence-corrected chi connectivity index (χ3v) is 4.54. The average Bonchev–Trinajstić information content (AvgIpc) is 2.64. The summed E-state index contributed by atoms with van der Waals surface area (Å²) in [4.78, 5) is 35.8. The lowest BCUT2D eigenvalue weighted by Gasteiger charge is -2.27. The molecule has 0 aliphatic carbocycles. The number of benzene rings is 2. The Hall–Kier alpha value is -3.22. The van der Waals surface area contributed by atoms with Gasteiger partial charge in [-0.15, -0.1) is 0 Å². The van der Waals surface area contributed by atoms with E-state index in [1.165, 1.54) is 18.2 Å². The highest BCUT2D eigenvalue weighted by atomic mass is 19.1. The van der Waals surface area contributed by atoms with Gasteiger partial charge in [-0.25, -0.2) is 4.39 Å². The van der Waals surface area contributed by atoms with Crippen molar-refractivity contribution in [3.63, 3.8) is 0 Å². The van der Waals surface area contributed by atoms with E-state index in [1.54, 1.807) is 12.1 Å². The lowest BCUT2D eigenvalue weighted by Crippen LogP contribution is -2.37. The maximum atomic E-state index is 13.4. The molecule has 1 heterocycles. The van der Waals surface area contributed by atoms with Crippen molar-refractivity contribution in [3.8, 4) is 0 Å². The van der Waals surface area contributed by atoms with Crippen LogP contribution in [0, 0.1) is 5.82 Å². The molecule has 2 aromatic carbocycles. The molecule has 0 radical (unpaired) electrons. The van der Waals surface area contributed by atoms with Crippen LogP contribution in [0.2, 0.25) is 0 Å². The number of hydrogen-bond acceptors (Lipinski definition) is 3. The van der Waals surface area contributed by atoms with Crippen molar-refractivity contribution in [2.75, 3.05) is 5.32 Å². The van der Waals surface area contributed by atoms with E-state index in [4.69, 9.17) is 5.11 Å². The molecule has 1 aliphatic heterocycles. The first-order valence-electron chi connectivity index (χ1n) is 8.60. The average molecular weight is 370 g/mol. The van der Waals surface area contributed by atoms with Gasteiger partial charge in [0.25, 0.3) is 0 Å². The quantitative estimate of drug-likeness (QED) is 0.728. The van der Waals surface area contributed by atoms with Gasteiger partial charge in [-0.3, -0.25) is 14.4 Å². The number of anilines is 1. The minimum absolute atomic E-state index is 0.0507. The Morgan fingerprint density at radius 2 is 1.96 bits per heavy atom. The lowest BCUT2D eigenvalue weighted by molar-refractivity contribution is -0.137. The Morgan fingerprint density at radius 3 is 2.67 bits per heavy atom. The number of hydrogen-bond donors (Lipinski definition) is 3. The fourth-order valence-corrected chi connectivity index (χ4v) is 3.22. The molecule has 140 valence electrons. The van der Waals surface area contributed by atoms with Crippen LogP contribution < -0.4 is 10.6 Å². The van der Waals surface area contributed by atoms with Crippen LogP contribution in [0.3, 0.4) is 0 Å². The van der Waals surface area contributed by atoms with Crippen LogP contribution in [0.5, 0.6) is 0 Å². The van der Waals surface area contributed by atoms with Crippen LogP contribution in [-0.2, 0) is 14.4 Å². The molecular weight excluding hydrogens is 351 g/mol. The van der Waals surface area contributed by atoms with Crippen LogP contribution in [0.15, 0.2) is 48.5 Å². The van der Waals surface area contributed by atoms with Gasteiger partial charge in [0.15, 0.2) is 0 Å². The Kier molecular flexibility index (Phi) is 5.49. The van der Waals surface area contributed by atoms with Crippen molar-refractivity contribution in [1.29, 1.82) is 0 Å². The van der Waals surface area contributed by atoms with Crippen molar-refractivity contribution in [2.24, 2.45) is 0 Å². The number of carbonyl (C=O) groups excluding carboxylic acids is 2. The largest absolute Gasteiger partial charge is 0.481 e. The summed E-state index contributed by atoms with van der Waals surface area (Å²) < 4.78 is 13.4. The standard InChI is InChI=1S/C20H19FN2O4/c21-13-6-7-14-15(11-18(24)22-17(14)10-13)20(27)23-16(8-9-19(25)26)12-4-2-1-3-5-12/h1-7,10,15-16H,8-9,11H2,(H,22,24)(H,23,27)(H,25,26)/t15-,16+/m1/s1. The van der Waals surface area contributed by atoms with Crippen molar-refractivity contribution in [3.05, 3.63) is 65.5 Å².